The van der Waals surface area contributed by atoms with Crippen molar-refractivity contribution in [2.24, 2.45) is 0 Å². The van der Waals surface area contributed by atoms with Crippen LogP contribution in [-0.2, 0) is 0 Å². The Bertz CT molecular complexity index is 1520. The highest BCUT2D eigenvalue weighted by atomic mass is 35.5. The summed E-state index contributed by atoms with van der Waals surface area (Å²) in [5, 5.41) is 3.95. The molecule has 2 aromatic carbocycles. The Morgan fingerprint density at radius 1 is 1.00 bits per heavy atom. The third-order valence-corrected chi connectivity index (χ3v) is 6.29. The molecule has 3 heterocycles. The minimum atomic E-state index is -0.321. The predicted octanol–water partition coefficient (Wildman–Crippen LogP) is 6.04. The van der Waals surface area contributed by atoms with Crippen LogP contribution in [0.2, 0.25) is 5.02 Å². The van der Waals surface area contributed by atoms with E-state index in [4.69, 9.17) is 16.3 Å². The van der Waals surface area contributed by atoms with Crippen LogP contribution in [0.25, 0.3) is 32.9 Å². The molecule has 0 aliphatic heterocycles. The van der Waals surface area contributed by atoms with E-state index in [-0.39, 0.29) is 5.91 Å². The summed E-state index contributed by atoms with van der Waals surface area (Å²) in [4.78, 5) is 31.7. The second-order valence-electron chi connectivity index (χ2n) is 7.44. The number of hydrogen-bond acceptors (Lipinski definition) is 7. The van der Waals surface area contributed by atoms with Crippen molar-refractivity contribution in [3.8, 4) is 28.3 Å². The molecule has 5 aromatic rings. The van der Waals surface area contributed by atoms with Gasteiger partial charge in [-0.1, -0.05) is 41.1 Å². The molecule has 0 saturated carbocycles. The summed E-state index contributed by atoms with van der Waals surface area (Å²) in [6, 6.07) is 16.7. The number of nitrogens with zero attached hydrogens (tertiary/aromatic N) is 4. The molecule has 7 nitrogen and oxygen atoms in total. The number of para-hydroxylation sites is 1. The molecule has 1 N–H and O–H groups in total. The maximum absolute atomic E-state index is 13.2. The van der Waals surface area contributed by atoms with E-state index in [2.05, 4.69) is 25.3 Å². The molecular weight excluding hydrogens is 470 g/mol. The molecule has 34 heavy (non-hydrogen) atoms. The minimum Gasteiger partial charge on any atom is -0.496 e. The molecule has 168 valence electrons. The SMILES string of the molecule is COc1ccccc1-c1cc(C)ncc1C(=O)Nc1nc2cnc(-c3ccc(Cl)cc3)nc2s1. The number of carbonyl (C=O) groups is 1. The van der Waals surface area contributed by atoms with Crippen LogP contribution in [-0.4, -0.2) is 33.0 Å². The van der Waals surface area contributed by atoms with Crippen molar-refractivity contribution in [1.82, 2.24) is 19.9 Å². The Morgan fingerprint density at radius 3 is 2.59 bits per heavy atom. The van der Waals surface area contributed by atoms with E-state index in [1.807, 2.05) is 49.4 Å². The number of hydrogen-bond donors (Lipinski definition) is 1. The van der Waals surface area contributed by atoms with Crippen molar-refractivity contribution in [3.05, 3.63) is 83.3 Å². The molecule has 0 aliphatic carbocycles. The fraction of sp³-hybridized carbons (Fsp3) is 0.0800. The van der Waals surface area contributed by atoms with Gasteiger partial charge in [0.2, 0.25) is 0 Å². The molecular formula is C25H18ClN5O2S. The van der Waals surface area contributed by atoms with E-state index in [1.165, 1.54) is 11.3 Å². The number of aryl methyl sites for hydroxylation is 1. The van der Waals surface area contributed by atoms with Gasteiger partial charge in [0, 0.05) is 33.6 Å². The van der Waals surface area contributed by atoms with E-state index in [9.17, 15) is 4.79 Å². The summed E-state index contributed by atoms with van der Waals surface area (Å²) < 4.78 is 5.50. The summed E-state index contributed by atoms with van der Waals surface area (Å²) in [5.74, 6) is 0.914. The lowest BCUT2D eigenvalue weighted by atomic mass is 9.99. The molecule has 3 aromatic heterocycles. The summed E-state index contributed by atoms with van der Waals surface area (Å²) >= 11 is 7.25. The molecule has 0 bridgehead atoms. The van der Waals surface area contributed by atoms with Crippen LogP contribution >= 0.6 is 22.9 Å². The fourth-order valence-corrected chi connectivity index (χ4v) is 4.45. The summed E-state index contributed by atoms with van der Waals surface area (Å²) in [6.45, 7) is 1.88. The number of methoxy groups -OCH3 is 1. The van der Waals surface area contributed by atoms with Gasteiger partial charge in [0.1, 0.15) is 16.1 Å². The molecule has 1 amide bonds. The number of ether oxygens (including phenoxy) is 1. The number of aromatic nitrogens is 4. The molecule has 0 atom stereocenters. The first-order valence-electron chi connectivity index (χ1n) is 10.3. The van der Waals surface area contributed by atoms with Crippen LogP contribution in [0.15, 0.2) is 67.0 Å². The van der Waals surface area contributed by atoms with Crippen LogP contribution in [0.3, 0.4) is 0 Å². The maximum atomic E-state index is 13.2. The smallest absolute Gasteiger partial charge is 0.259 e. The molecule has 0 radical (unpaired) electrons. The number of thiazole rings is 1. The zero-order chi connectivity index (χ0) is 23.7. The normalized spacial score (nSPS) is 10.9. The summed E-state index contributed by atoms with van der Waals surface area (Å²) in [6.07, 6.45) is 3.21. The van der Waals surface area contributed by atoms with Crippen molar-refractivity contribution in [3.63, 3.8) is 0 Å². The van der Waals surface area contributed by atoms with Crippen molar-refractivity contribution >= 4 is 44.3 Å². The number of rotatable bonds is 5. The lowest BCUT2D eigenvalue weighted by Crippen LogP contribution is -2.14. The van der Waals surface area contributed by atoms with E-state index >= 15 is 0 Å². The summed E-state index contributed by atoms with van der Waals surface area (Å²) in [5.41, 5.74) is 4.20. The zero-order valence-corrected chi connectivity index (χ0v) is 19.8. The van der Waals surface area contributed by atoms with Gasteiger partial charge >= 0.3 is 0 Å². The van der Waals surface area contributed by atoms with E-state index < -0.39 is 0 Å². The van der Waals surface area contributed by atoms with Crippen LogP contribution in [0.4, 0.5) is 5.13 Å². The Morgan fingerprint density at radius 2 is 1.79 bits per heavy atom. The quantitative estimate of drug-likeness (QED) is 0.325. The first-order chi connectivity index (χ1) is 16.5. The van der Waals surface area contributed by atoms with Crippen LogP contribution in [0.5, 0.6) is 5.75 Å². The molecule has 0 aliphatic rings. The Hall–Kier alpha value is -3.88. The standard InChI is InChI=1S/C25H18ClN5O2S/c1-14-11-18(17-5-3-4-6-21(17)33-2)19(12-27-14)23(32)31-25-29-20-13-28-22(30-24(20)34-25)15-7-9-16(26)10-8-15/h3-13H,1-2H3,(H,29,31,32). The van der Waals surface area contributed by atoms with Gasteiger partial charge in [-0.15, -0.1) is 0 Å². The van der Waals surface area contributed by atoms with Crippen molar-refractivity contribution in [1.29, 1.82) is 0 Å². The molecule has 5 rings (SSSR count). The van der Waals surface area contributed by atoms with Gasteiger partial charge in [-0.25, -0.2) is 15.0 Å². The topological polar surface area (TPSA) is 89.9 Å². The van der Waals surface area contributed by atoms with Gasteiger partial charge in [0.05, 0.1) is 18.9 Å². The predicted molar refractivity (Wildman–Crippen MR) is 135 cm³/mol. The third-order valence-electron chi connectivity index (χ3n) is 5.16. The maximum Gasteiger partial charge on any atom is 0.259 e. The largest absolute Gasteiger partial charge is 0.496 e. The zero-order valence-electron chi connectivity index (χ0n) is 18.2. The molecule has 0 unspecified atom stereocenters. The van der Waals surface area contributed by atoms with Crippen LogP contribution in [0.1, 0.15) is 16.1 Å². The van der Waals surface area contributed by atoms with Crippen molar-refractivity contribution < 1.29 is 9.53 Å². The Labute approximate surface area is 204 Å². The van der Waals surface area contributed by atoms with Gasteiger partial charge in [0.25, 0.3) is 5.91 Å². The van der Waals surface area contributed by atoms with Gasteiger partial charge in [-0.3, -0.25) is 15.1 Å². The molecule has 0 saturated heterocycles. The highest BCUT2D eigenvalue weighted by molar-refractivity contribution is 7.22. The highest BCUT2D eigenvalue weighted by Gasteiger charge is 2.19. The van der Waals surface area contributed by atoms with E-state index in [0.29, 0.717) is 37.6 Å². The number of anilines is 1. The first-order valence-corrected chi connectivity index (χ1v) is 11.5. The number of benzene rings is 2. The third kappa shape index (κ3) is 4.33. The fourth-order valence-electron chi connectivity index (χ4n) is 3.52. The first kappa shape index (κ1) is 21.9. The lowest BCUT2D eigenvalue weighted by molar-refractivity contribution is 0.102. The summed E-state index contributed by atoms with van der Waals surface area (Å²) in [7, 11) is 1.60. The highest BCUT2D eigenvalue weighted by Crippen LogP contribution is 2.33. The van der Waals surface area contributed by atoms with Gasteiger partial charge < -0.3 is 4.74 Å². The average Bonchev–Trinajstić information content (AvgIpc) is 3.25. The Balaban J connectivity index is 1.47. The second kappa shape index (κ2) is 9.17. The number of halogens is 1. The molecule has 0 spiro atoms. The average molecular weight is 488 g/mol. The number of pyridine rings is 1. The number of nitrogens with one attached hydrogen (secondary N) is 1. The Kier molecular flexibility index (Phi) is 5.91. The monoisotopic (exact) mass is 487 g/mol. The number of amides is 1. The van der Waals surface area contributed by atoms with Gasteiger partial charge in [-0.2, -0.15) is 0 Å². The van der Waals surface area contributed by atoms with Crippen molar-refractivity contribution in [2.45, 2.75) is 6.92 Å². The lowest BCUT2D eigenvalue weighted by Gasteiger charge is -2.13. The second-order valence-corrected chi connectivity index (χ2v) is 8.85. The van der Waals surface area contributed by atoms with Crippen molar-refractivity contribution in [2.75, 3.05) is 12.4 Å². The van der Waals surface area contributed by atoms with E-state index in [1.54, 1.807) is 31.6 Å². The van der Waals surface area contributed by atoms with E-state index in [0.717, 1.165) is 22.4 Å². The van der Waals surface area contributed by atoms with Crippen LogP contribution < -0.4 is 10.1 Å². The number of carbonyl (C=O) groups excluding carboxylic acids is 1. The van der Waals surface area contributed by atoms with Gasteiger partial charge in [-0.05, 0) is 43.3 Å². The van der Waals surface area contributed by atoms with Gasteiger partial charge in [0.15, 0.2) is 11.0 Å². The van der Waals surface area contributed by atoms with Crippen LogP contribution in [0, 0.1) is 6.92 Å². The molecule has 0 fully saturated rings. The minimum absolute atomic E-state index is 0.321. The molecule has 9 heteroatoms. The number of fused-ring (bicyclic) bond motifs is 1.